The third-order valence-electron chi connectivity index (χ3n) is 6.39. The average molecular weight is 405 g/mol. The predicted molar refractivity (Wildman–Crippen MR) is 113 cm³/mol. The number of anilines is 1. The van der Waals surface area contributed by atoms with Crippen molar-refractivity contribution in [1.82, 2.24) is 4.90 Å². The van der Waals surface area contributed by atoms with Gasteiger partial charge in [0.2, 0.25) is 0 Å². The molecule has 30 heavy (non-hydrogen) atoms. The summed E-state index contributed by atoms with van der Waals surface area (Å²) in [5.74, 6) is 0.553. The first-order valence-electron chi connectivity index (χ1n) is 10.3. The van der Waals surface area contributed by atoms with Crippen LogP contribution in [0.25, 0.3) is 0 Å². The third-order valence-corrected chi connectivity index (χ3v) is 6.39. The maximum Gasteiger partial charge on any atom is 0.269 e. The Labute approximate surface area is 174 Å². The Morgan fingerprint density at radius 1 is 1.13 bits per heavy atom. The molecule has 3 unspecified atom stereocenters. The van der Waals surface area contributed by atoms with Gasteiger partial charge >= 0.3 is 0 Å². The molecule has 0 spiro atoms. The number of fused-ring (bicyclic) bond motifs is 3. The Morgan fingerprint density at radius 2 is 1.90 bits per heavy atom. The second kappa shape index (κ2) is 7.57. The highest BCUT2D eigenvalue weighted by Crippen LogP contribution is 2.50. The maximum atomic E-state index is 13.3. The lowest BCUT2D eigenvalue weighted by Gasteiger charge is -2.39. The molecule has 5 rings (SSSR count). The molecule has 1 N–H and O–H groups in total. The number of benzene rings is 2. The minimum absolute atomic E-state index is 0.0167. The summed E-state index contributed by atoms with van der Waals surface area (Å²) >= 11 is 0. The first kappa shape index (κ1) is 18.8. The van der Waals surface area contributed by atoms with E-state index >= 15 is 0 Å². The number of amides is 1. The number of hydrogen-bond acceptors (Lipinski definition) is 5. The van der Waals surface area contributed by atoms with Gasteiger partial charge in [-0.2, -0.15) is 0 Å². The van der Waals surface area contributed by atoms with Gasteiger partial charge in [0.25, 0.3) is 11.6 Å². The van der Waals surface area contributed by atoms with E-state index in [9.17, 15) is 14.9 Å². The number of nitrogens with zero attached hydrogens (tertiary/aromatic N) is 2. The number of carbonyl (C=O) groups is 1. The van der Waals surface area contributed by atoms with Gasteiger partial charge in [0.15, 0.2) is 0 Å². The highest BCUT2D eigenvalue weighted by Gasteiger charge is 2.39. The predicted octanol–water partition coefficient (Wildman–Crippen LogP) is 3.89. The second-order valence-corrected chi connectivity index (χ2v) is 8.00. The lowest BCUT2D eigenvalue weighted by molar-refractivity contribution is -0.384. The number of rotatable bonds is 3. The summed E-state index contributed by atoms with van der Waals surface area (Å²) in [4.78, 5) is 25.8. The normalized spacial score (nSPS) is 24.7. The standard InChI is InChI=1S/C23H23N3O4/c27-23(25-11-13-30-14-12-25)20-6-2-5-19-17-3-1-4-18(17)21(24-22(19)20)15-7-9-16(10-8-15)26(28)29/h1-3,5-10,17-18,21,24H,4,11-14H2. The van der Waals surface area contributed by atoms with E-state index in [2.05, 4.69) is 23.5 Å². The largest absolute Gasteiger partial charge is 0.378 e. The lowest BCUT2D eigenvalue weighted by Crippen LogP contribution is -2.41. The van der Waals surface area contributed by atoms with Crippen molar-refractivity contribution >= 4 is 17.3 Å². The number of carbonyl (C=O) groups excluding carboxylic acids is 1. The minimum Gasteiger partial charge on any atom is -0.378 e. The molecular weight excluding hydrogens is 382 g/mol. The molecule has 1 fully saturated rings. The van der Waals surface area contributed by atoms with Crippen LogP contribution in [0.2, 0.25) is 0 Å². The van der Waals surface area contributed by atoms with Crippen molar-refractivity contribution < 1.29 is 14.5 Å². The molecule has 0 saturated carbocycles. The van der Waals surface area contributed by atoms with E-state index in [0.29, 0.717) is 37.8 Å². The van der Waals surface area contributed by atoms with Crippen LogP contribution in [-0.4, -0.2) is 42.0 Å². The Morgan fingerprint density at radius 3 is 2.63 bits per heavy atom. The number of hydrogen-bond donors (Lipinski definition) is 1. The van der Waals surface area contributed by atoms with Crippen LogP contribution in [0.5, 0.6) is 0 Å². The van der Waals surface area contributed by atoms with Gasteiger partial charge < -0.3 is 15.0 Å². The molecule has 1 aliphatic carbocycles. The van der Waals surface area contributed by atoms with Crippen LogP contribution < -0.4 is 5.32 Å². The van der Waals surface area contributed by atoms with Gasteiger partial charge in [-0.25, -0.2) is 0 Å². The Bertz CT molecular complexity index is 1010. The van der Waals surface area contributed by atoms with Gasteiger partial charge in [-0.05, 0) is 29.5 Å². The molecule has 3 atom stereocenters. The van der Waals surface area contributed by atoms with Crippen molar-refractivity contribution in [2.45, 2.75) is 18.4 Å². The zero-order chi connectivity index (χ0) is 20.7. The fourth-order valence-corrected chi connectivity index (χ4v) is 4.87. The summed E-state index contributed by atoms with van der Waals surface area (Å²) in [6, 6.07) is 12.7. The highest BCUT2D eigenvalue weighted by molar-refractivity contribution is 6.01. The molecule has 2 aromatic rings. The van der Waals surface area contributed by atoms with Gasteiger partial charge in [-0.3, -0.25) is 14.9 Å². The quantitative estimate of drug-likeness (QED) is 0.476. The molecule has 2 heterocycles. The van der Waals surface area contributed by atoms with Crippen molar-refractivity contribution in [3.8, 4) is 0 Å². The summed E-state index contributed by atoms with van der Waals surface area (Å²) in [6.07, 6.45) is 5.35. The number of ether oxygens (including phenoxy) is 1. The number of morpholine rings is 1. The van der Waals surface area contributed by atoms with E-state index in [1.807, 2.05) is 29.2 Å². The van der Waals surface area contributed by atoms with Crippen molar-refractivity contribution in [1.29, 1.82) is 0 Å². The number of nitro benzene ring substituents is 1. The molecule has 154 valence electrons. The number of nitrogens with one attached hydrogen (secondary N) is 1. The molecule has 0 aromatic heterocycles. The molecule has 0 radical (unpaired) electrons. The Balaban J connectivity index is 1.52. The lowest BCUT2D eigenvalue weighted by atomic mass is 9.76. The van der Waals surface area contributed by atoms with Crippen LogP contribution in [0, 0.1) is 16.0 Å². The molecule has 0 bridgehead atoms. The monoisotopic (exact) mass is 405 g/mol. The van der Waals surface area contributed by atoms with Crippen LogP contribution in [0.3, 0.4) is 0 Å². The fourth-order valence-electron chi connectivity index (χ4n) is 4.87. The molecule has 2 aliphatic heterocycles. The molecular formula is C23H23N3O4. The summed E-state index contributed by atoms with van der Waals surface area (Å²) in [6.45, 7) is 2.32. The third kappa shape index (κ3) is 3.15. The van der Waals surface area contributed by atoms with Gasteiger partial charge in [0.05, 0.1) is 35.4 Å². The summed E-state index contributed by atoms with van der Waals surface area (Å²) in [5.41, 5.74) is 3.79. The zero-order valence-electron chi connectivity index (χ0n) is 16.5. The van der Waals surface area contributed by atoms with Crippen LogP contribution in [-0.2, 0) is 4.74 Å². The van der Waals surface area contributed by atoms with E-state index in [1.54, 1.807) is 12.1 Å². The van der Waals surface area contributed by atoms with Gasteiger partial charge in [0, 0.05) is 31.1 Å². The SMILES string of the molecule is O=C(c1cccc2c1NC(c1ccc([N+](=O)[O-])cc1)C1CC=CC21)N1CCOCC1. The van der Waals surface area contributed by atoms with Crippen molar-refractivity contribution in [2.24, 2.45) is 5.92 Å². The summed E-state index contributed by atoms with van der Waals surface area (Å²) in [5, 5.41) is 14.7. The van der Waals surface area contributed by atoms with Crippen molar-refractivity contribution in [3.05, 3.63) is 81.4 Å². The number of non-ortho nitro benzene ring substituents is 1. The zero-order valence-corrected chi connectivity index (χ0v) is 16.5. The molecule has 2 aromatic carbocycles. The van der Waals surface area contributed by atoms with Crippen LogP contribution in [0.1, 0.15) is 39.9 Å². The number of allylic oxidation sites excluding steroid dienone is 2. The second-order valence-electron chi connectivity index (χ2n) is 8.00. The Kier molecular flexibility index (Phi) is 4.75. The van der Waals surface area contributed by atoms with E-state index in [4.69, 9.17) is 4.74 Å². The smallest absolute Gasteiger partial charge is 0.269 e. The topological polar surface area (TPSA) is 84.7 Å². The first-order chi connectivity index (χ1) is 14.6. The first-order valence-corrected chi connectivity index (χ1v) is 10.3. The summed E-state index contributed by atoms with van der Waals surface area (Å²) in [7, 11) is 0. The van der Waals surface area contributed by atoms with Crippen molar-refractivity contribution in [2.75, 3.05) is 31.6 Å². The maximum absolute atomic E-state index is 13.3. The van der Waals surface area contributed by atoms with Crippen LogP contribution in [0.15, 0.2) is 54.6 Å². The average Bonchev–Trinajstić information content (AvgIpc) is 3.28. The van der Waals surface area contributed by atoms with E-state index in [0.717, 1.165) is 23.2 Å². The van der Waals surface area contributed by atoms with Gasteiger partial charge in [0.1, 0.15) is 0 Å². The van der Waals surface area contributed by atoms with E-state index in [1.165, 1.54) is 0 Å². The molecule has 7 heteroatoms. The highest BCUT2D eigenvalue weighted by atomic mass is 16.6. The van der Waals surface area contributed by atoms with E-state index in [-0.39, 0.29) is 28.5 Å². The van der Waals surface area contributed by atoms with Gasteiger partial charge in [-0.1, -0.05) is 36.4 Å². The Hall–Kier alpha value is -3.19. The number of para-hydroxylation sites is 1. The van der Waals surface area contributed by atoms with Crippen molar-refractivity contribution in [3.63, 3.8) is 0 Å². The molecule has 3 aliphatic rings. The minimum atomic E-state index is -0.383. The number of nitro groups is 1. The van der Waals surface area contributed by atoms with Crippen LogP contribution >= 0.6 is 0 Å². The summed E-state index contributed by atoms with van der Waals surface area (Å²) < 4.78 is 5.39. The fraction of sp³-hybridized carbons (Fsp3) is 0.348. The molecule has 1 amide bonds. The van der Waals surface area contributed by atoms with Gasteiger partial charge in [-0.15, -0.1) is 0 Å². The molecule has 7 nitrogen and oxygen atoms in total. The van der Waals surface area contributed by atoms with E-state index < -0.39 is 0 Å². The molecule has 1 saturated heterocycles. The van der Waals surface area contributed by atoms with Crippen LogP contribution in [0.4, 0.5) is 11.4 Å².